The molecule has 0 saturated carbocycles. The van der Waals surface area contributed by atoms with Gasteiger partial charge in [0, 0.05) is 11.6 Å². The first-order chi connectivity index (χ1) is 8.63. The van der Waals surface area contributed by atoms with Crippen molar-refractivity contribution < 1.29 is 0 Å². The van der Waals surface area contributed by atoms with Crippen molar-refractivity contribution in [1.29, 1.82) is 0 Å². The van der Waals surface area contributed by atoms with Gasteiger partial charge in [0.15, 0.2) is 0 Å². The van der Waals surface area contributed by atoms with E-state index in [0.717, 1.165) is 6.04 Å². The van der Waals surface area contributed by atoms with Crippen LogP contribution in [0.2, 0.25) is 0 Å². The van der Waals surface area contributed by atoms with Crippen molar-refractivity contribution in [3.05, 3.63) is 0 Å². The molecule has 0 radical (unpaired) electrons. The third kappa shape index (κ3) is 3.69. The van der Waals surface area contributed by atoms with Crippen molar-refractivity contribution in [2.75, 3.05) is 40.3 Å². The third-order valence-electron chi connectivity index (χ3n) is 5.26. The SMILES string of the molecule is CNC1(C)CCN(CCC2CCCCN2C)CC1. The minimum atomic E-state index is 0.387. The highest BCUT2D eigenvalue weighted by atomic mass is 15.2. The zero-order valence-corrected chi connectivity index (χ0v) is 12.5. The van der Waals surface area contributed by atoms with Crippen molar-refractivity contribution in [3.8, 4) is 0 Å². The summed E-state index contributed by atoms with van der Waals surface area (Å²) in [4.78, 5) is 5.24. The molecule has 2 heterocycles. The Morgan fingerprint density at radius 3 is 2.50 bits per heavy atom. The fourth-order valence-electron chi connectivity index (χ4n) is 3.36. The van der Waals surface area contributed by atoms with Gasteiger partial charge >= 0.3 is 0 Å². The number of piperidine rings is 2. The van der Waals surface area contributed by atoms with Crippen LogP contribution in [-0.4, -0.2) is 61.7 Å². The van der Waals surface area contributed by atoms with Gasteiger partial charge in [0.1, 0.15) is 0 Å². The zero-order chi connectivity index (χ0) is 13.0. The van der Waals surface area contributed by atoms with Gasteiger partial charge in [-0.3, -0.25) is 0 Å². The van der Waals surface area contributed by atoms with E-state index in [1.54, 1.807) is 0 Å². The quantitative estimate of drug-likeness (QED) is 0.826. The Kier molecular flexibility index (Phi) is 5.05. The van der Waals surface area contributed by atoms with Crippen molar-refractivity contribution in [3.63, 3.8) is 0 Å². The van der Waals surface area contributed by atoms with Crippen molar-refractivity contribution in [2.45, 2.75) is 57.0 Å². The maximum atomic E-state index is 3.48. The molecule has 18 heavy (non-hydrogen) atoms. The molecule has 0 aliphatic carbocycles. The third-order valence-corrected chi connectivity index (χ3v) is 5.26. The first kappa shape index (κ1) is 14.3. The first-order valence-electron chi connectivity index (χ1n) is 7.74. The number of rotatable bonds is 4. The van der Waals surface area contributed by atoms with E-state index in [-0.39, 0.29) is 0 Å². The van der Waals surface area contributed by atoms with Crippen molar-refractivity contribution in [1.82, 2.24) is 15.1 Å². The Morgan fingerprint density at radius 2 is 1.89 bits per heavy atom. The zero-order valence-electron chi connectivity index (χ0n) is 12.5. The molecule has 3 nitrogen and oxygen atoms in total. The van der Waals surface area contributed by atoms with Gasteiger partial charge in [-0.05, 0) is 79.3 Å². The molecular weight excluding hydrogens is 222 g/mol. The largest absolute Gasteiger partial charge is 0.314 e. The lowest BCUT2D eigenvalue weighted by Crippen LogP contribution is -2.50. The summed E-state index contributed by atoms with van der Waals surface area (Å²) in [6.45, 7) is 7.51. The van der Waals surface area contributed by atoms with Gasteiger partial charge in [-0.2, -0.15) is 0 Å². The van der Waals surface area contributed by atoms with Crippen molar-refractivity contribution >= 4 is 0 Å². The predicted octanol–water partition coefficient (Wildman–Crippen LogP) is 1.93. The second-order valence-electron chi connectivity index (χ2n) is 6.57. The summed E-state index contributed by atoms with van der Waals surface area (Å²) < 4.78 is 0. The molecule has 2 aliphatic heterocycles. The van der Waals surface area contributed by atoms with Gasteiger partial charge in [0.25, 0.3) is 0 Å². The van der Waals surface area contributed by atoms with E-state index in [1.807, 2.05) is 0 Å². The van der Waals surface area contributed by atoms with Gasteiger partial charge in [0.05, 0.1) is 0 Å². The lowest BCUT2D eigenvalue weighted by Gasteiger charge is -2.40. The Bertz CT molecular complexity index is 246. The molecule has 0 aromatic heterocycles. The molecule has 0 aromatic carbocycles. The van der Waals surface area contributed by atoms with Crippen LogP contribution in [0, 0.1) is 0 Å². The van der Waals surface area contributed by atoms with Crippen LogP contribution in [0.3, 0.4) is 0 Å². The molecule has 2 rings (SSSR count). The van der Waals surface area contributed by atoms with Crippen LogP contribution in [0.4, 0.5) is 0 Å². The first-order valence-corrected chi connectivity index (χ1v) is 7.74. The van der Waals surface area contributed by atoms with Gasteiger partial charge in [-0.15, -0.1) is 0 Å². The number of nitrogens with zero attached hydrogens (tertiary/aromatic N) is 2. The molecule has 106 valence electrons. The summed E-state index contributed by atoms with van der Waals surface area (Å²) in [5, 5.41) is 3.48. The van der Waals surface area contributed by atoms with Crippen LogP contribution < -0.4 is 5.32 Å². The molecule has 1 atom stereocenters. The van der Waals surface area contributed by atoms with Crippen LogP contribution >= 0.6 is 0 Å². The molecular formula is C15H31N3. The second kappa shape index (κ2) is 6.36. The molecule has 2 aliphatic rings. The second-order valence-corrected chi connectivity index (χ2v) is 6.57. The topological polar surface area (TPSA) is 18.5 Å². The molecule has 2 fully saturated rings. The fraction of sp³-hybridized carbons (Fsp3) is 1.00. The minimum absolute atomic E-state index is 0.387. The monoisotopic (exact) mass is 253 g/mol. The van der Waals surface area contributed by atoms with Crippen LogP contribution in [0.25, 0.3) is 0 Å². The van der Waals surface area contributed by atoms with Crippen LogP contribution in [0.5, 0.6) is 0 Å². The van der Waals surface area contributed by atoms with Gasteiger partial charge in [0.2, 0.25) is 0 Å². The highest BCUT2D eigenvalue weighted by Crippen LogP contribution is 2.23. The van der Waals surface area contributed by atoms with Crippen molar-refractivity contribution in [2.24, 2.45) is 0 Å². The van der Waals surface area contributed by atoms with E-state index in [0.29, 0.717) is 5.54 Å². The number of hydrogen-bond donors (Lipinski definition) is 1. The molecule has 1 N–H and O–H groups in total. The summed E-state index contributed by atoms with van der Waals surface area (Å²) in [5.74, 6) is 0. The number of hydrogen-bond acceptors (Lipinski definition) is 3. The lowest BCUT2D eigenvalue weighted by atomic mass is 9.89. The lowest BCUT2D eigenvalue weighted by molar-refractivity contribution is 0.120. The maximum Gasteiger partial charge on any atom is 0.0174 e. The molecule has 3 heteroatoms. The van der Waals surface area contributed by atoms with E-state index >= 15 is 0 Å². The van der Waals surface area contributed by atoms with E-state index in [1.165, 1.54) is 64.7 Å². The summed E-state index contributed by atoms with van der Waals surface area (Å²) in [6, 6.07) is 0.844. The molecule has 0 aromatic rings. The Labute approximate surface area is 113 Å². The minimum Gasteiger partial charge on any atom is -0.314 e. The fourth-order valence-corrected chi connectivity index (χ4v) is 3.36. The van der Waals surface area contributed by atoms with Gasteiger partial charge in [-0.1, -0.05) is 6.42 Å². The van der Waals surface area contributed by atoms with Gasteiger partial charge in [-0.25, -0.2) is 0 Å². The van der Waals surface area contributed by atoms with Crippen LogP contribution in [0.1, 0.15) is 45.4 Å². The number of likely N-dealkylation sites (tertiary alicyclic amines) is 2. The molecule has 1 unspecified atom stereocenters. The summed E-state index contributed by atoms with van der Waals surface area (Å²) in [7, 11) is 4.41. The average Bonchev–Trinajstić information content (AvgIpc) is 2.40. The summed E-state index contributed by atoms with van der Waals surface area (Å²) >= 11 is 0. The highest BCUT2D eigenvalue weighted by molar-refractivity contribution is 4.88. The van der Waals surface area contributed by atoms with Crippen LogP contribution in [0.15, 0.2) is 0 Å². The van der Waals surface area contributed by atoms with Crippen LogP contribution in [-0.2, 0) is 0 Å². The standard InChI is InChI=1S/C15H31N3/c1-15(16-2)8-12-18(13-9-15)11-7-14-6-4-5-10-17(14)3/h14,16H,4-13H2,1-3H3. The predicted molar refractivity (Wildman–Crippen MR) is 78.0 cm³/mol. The Balaban J connectivity index is 1.69. The molecule has 0 amide bonds. The molecule has 2 saturated heterocycles. The highest BCUT2D eigenvalue weighted by Gasteiger charge is 2.28. The van der Waals surface area contributed by atoms with E-state index in [4.69, 9.17) is 0 Å². The van der Waals surface area contributed by atoms with E-state index in [2.05, 4.69) is 36.1 Å². The smallest absolute Gasteiger partial charge is 0.0174 e. The Morgan fingerprint density at radius 1 is 1.17 bits per heavy atom. The summed E-state index contributed by atoms with van der Waals surface area (Å²) in [5.41, 5.74) is 0.387. The Hall–Kier alpha value is -0.120. The molecule has 0 bridgehead atoms. The van der Waals surface area contributed by atoms with Gasteiger partial charge < -0.3 is 15.1 Å². The summed E-state index contributed by atoms with van der Waals surface area (Å²) in [6.07, 6.45) is 8.21. The maximum absolute atomic E-state index is 3.48. The molecule has 0 spiro atoms. The normalized spacial score (nSPS) is 30.5. The van der Waals surface area contributed by atoms with E-state index in [9.17, 15) is 0 Å². The average molecular weight is 253 g/mol. The van der Waals surface area contributed by atoms with E-state index < -0.39 is 0 Å². The number of nitrogens with one attached hydrogen (secondary N) is 1.